The second-order valence-electron chi connectivity index (χ2n) is 9.09. The number of hydrogen-bond donors (Lipinski definition) is 0. The zero-order valence-electron chi connectivity index (χ0n) is 20.6. The molecule has 1 saturated heterocycles. The number of hydrogen-bond acceptors (Lipinski definition) is 7. The van der Waals surface area contributed by atoms with Gasteiger partial charge in [0.2, 0.25) is 0 Å². The van der Waals surface area contributed by atoms with Crippen LogP contribution < -0.4 is 0 Å². The minimum Gasteiger partial charge on any atom is -0.376 e. The molecule has 1 aliphatic carbocycles. The molecule has 35 heavy (non-hydrogen) atoms. The van der Waals surface area contributed by atoms with Crippen molar-refractivity contribution in [3.05, 3.63) is 71.9 Å². The Morgan fingerprint density at radius 1 is 0.800 bits per heavy atom. The fraction of sp³-hybridized carbons (Fsp3) is 0.429. The largest absolute Gasteiger partial charge is 0.376 e. The number of methoxy groups -OCH3 is 3. The third-order valence-electron chi connectivity index (χ3n) is 6.96. The molecule has 0 N–H and O–H groups in total. The van der Waals surface area contributed by atoms with Crippen LogP contribution in [0.2, 0.25) is 0 Å². The molecule has 2 aromatic carbocycles. The second kappa shape index (κ2) is 10.5. The predicted octanol–water partition coefficient (Wildman–Crippen LogP) is 4.08. The van der Waals surface area contributed by atoms with E-state index in [1.807, 2.05) is 49.5 Å². The van der Waals surface area contributed by atoms with Gasteiger partial charge in [-0.1, -0.05) is 42.5 Å². The van der Waals surface area contributed by atoms with E-state index in [2.05, 4.69) is 23.2 Å². The van der Waals surface area contributed by atoms with Gasteiger partial charge in [-0.2, -0.15) is 0 Å². The van der Waals surface area contributed by atoms with E-state index in [4.69, 9.17) is 28.7 Å². The second-order valence-corrected chi connectivity index (χ2v) is 9.09. The first-order valence-electron chi connectivity index (χ1n) is 12.0. The number of aromatic nitrogens is 2. The molecule has 0 spiro atoms. The third kappa shape index (κ3) is 4.87. The monoisotopic (exact) mass is 476 g/mol. The van der Waals surface area contributed by atoms with Gasteiger partial charge in [-0.3, -0.25) is 0 Å². The summed E-state index contributed by atoms with van der Waals surface area (Å²) in [5.74, 6) is 0.723. The number of fused-ring (bicyclic) bond motifs is 1. The van der Waals surface area contributed by atoms with E-state index in [-0.39, 0.29) is 30.5 Å². The molecule has 0 bridgehead atoms. The van der Waals surface area contributed by atoms with Crippen LogP contribution in [0.25, 0.3) is 22.6 Å². The van der Waals surface area contributed by atoms with Gasteiger partial charge in [0, 0.05) is 38.7 Å². The van der Waals surface area contributed by atoms with Crippen molar-refractivity contribution >= 4 is 0 Å². The fourth-order valence-electron chi connectivity index (χ4n) is 5.19. The van der Waals surface area contributed by atoms with Crippen LogP contribution in [0, 0.1) is 0 Å². The lowest BCUT2D eigenvalue weighted by Gasteiger charge is -2.44. The van der Waals surface area contributed by atoms with E-state index in [1.165, 1.54) is 11.1 Å². The first kappa shape index (κ1) is 24.0. The maximum atomic E-state index is 6.45. The Balaban J connectivity index is 1.31. The van der Waals surface area contributed by atoms with Crippen molar-refractivity contribution < 1.29 is 23.7 Å². The molecule has 2 heterocycles. The van der Waals surface area contributed by atoms with Crippen molar-refractivity contribution in [1.29, 1.82) is 0 Å². The summed E-state index contributed by atoms with van der Waals surface area (Å²) < 4.78 is 29.7. The Morgan fingerprint density at radius 3 is 2.29 bits per heavy atom. The van der Waals surface area contributed by atoms with Crippen LogP contribution in [0.5, 0.6) is 0 Å². The molecule has 1 fully saturated rings. The van der Waals surface area contributed by atoms with Gasteiger partial charge in [0.15, 0.2) is 12.1 Å². The standard InChI is InChI=1S/C28H32N2O5/c1-17-24(31-2)25(32-3)26(33-4)28(34-17)35-22-15-19-10-11-20(14-21(19)16-22)23-12-13-29-27(30-23)18-8-6-5-7-9-18/h5-14,17,22,24-26,28H,15-16H2,1-4H3/t17-,22?,24-,25+,26+,28?/m0/s1. The van der Waals surface area contributed by atoms with Gasteiger partial charge in [0.05, 0.1) is 17.9 Å². The van der Waals surface area contributed by atoms with E-state index < -0.39 is 6.29 Å². The van der Waals surface area contributed by atoms with E-state index >= 15 is 0 Å². The van der Waals surface area contributed by atoms with Gasteiger partial charge in [-0.25, -0.2) is 9.97 Å². The summed E-state index contributed by atoms with van der Waals surface area (Å²) in [7, 11) is 4.98. The van der Waals surface area contributed by atoms with Crippen LogP contribution in [0.1, 0.15) is 18.1 Å². The number of nitrogens with zero attached hydrogens (tertiary/aromatic N) is 2. The lowest BCUT2D eigenvalue weighted by molar-refractivity contribution is -0.314. The maximum absolute atomic E-state index is 6.45. The highest BCUT2D eigenvalue weighted by atomic mass is 16.7. The molecule has 7 heteroatoms. The minimum absolute atomic E-state index is 0.00280. The molecule has 0 amide bonds. The number of benzene rings is 2. The molecule has 7 nitrogen and oxygen atoms in total. The van der Waals surface area contributed by atoms with E-state index in [0.29, 0.717) is 0 Å². The van der Waals surface area contributed by atoms with Crippen LogP contribution in [-0.4, -0.2) is 68.1 Å². The average Bonchev–Trinajstić information content (AvgIpc) is 3.30. The molecule has 1 aliphatic heterocycles. The van der Waals surface area contributed by atoms with E-state index in [0.717, 1.165) is 35.5 Å². The Bertz CT molecular complexity index is 1140. The smallest absolute Gasteiger partial charge is 0.187 e. The summed E-state index contributed by atoms with van der Waals surface area (Å²) in [5, 5.41) is 0. The van der Waals surface area contributed by atoms with Gasteiger partial charge in [0.1, 0.15) is 18.3 Å². The van der Waals surface area contributed by atoms with Gasteiger partial charge in [-0.15, -0.1) is 0 Å². The van der Waals surface area contributed by atoms with Crippen LogP contribution >= 0.6 is 0 Å². The quantitative estimate of drug-likeness (QED) is 0.509. The van der Waals surface area contributed by atoms with Gasteiger partial charge in [-0.05, 0) is 43.0 Å². The van der Waals surface area contributed by atoms with E-state index in [9.17, 15) is 0 Å². The topological polar surface area (TPSA) is 71.9 Å². The summed E-state index contributed by atoms with van der Waals surface area (Å²) >= 11 is 0. The molecule has 184 valence electrons. The molecule has 0 saturated carbocycles. The Labute approximate surface area is 206 Å². The van der Waals surface area contributed by atoms with E-state index in [1.54, 1.807) is 21.3 Å². The van der Waals surface area contributed by atoms with Crippen molar-refractivity contribution in [2.75, 3.05) is 21.3 Å². The van der Waals surface area contributed by atoms with Gasteiger partial charge in [0.25, 0.3) is 0 Å². The maximum Gasteiger partial charge on any atom is 0.187 e. The molecule has 5 rings (SSSR count). The molecule has 3 aromatic rings. The number of ether oxygens (including phenoxy) is 5. The van der Waals surface area contributed by atoms with Crippen molar-refractivity contribution in [3.8, 4) is 22.6 Å². The van der Waals surface area contributed by atoms with Crippen LogP contribution in [0.4, 0.5) is 0 Å². The minimum atomic E-state index is -0.527. The average molecular weight is 477 g/mol. The first-order chi connectivity index (χ1) is 17.1. The molecule has 0 radical (unpaired) electrons. The fourth-order valence-corrected chi connectivity index (χ4v) is 5.19. The van der Waals surface area contributed by atoms with Crippen molar-refractivity contribution in [1.82, 2.24) is 9.97 Å². The summed E-state index contributed by atoms with van der Waals surface area (Å²) in [6, 6.07) is 18.5. The lowest BCUT2D eigenvalue weighted by Crippen LogP contribution is -2.59. The Hall–Kier alpha value is -2.68. The highest BCUT2D eigenvalue weighted by Gasteiger charge is 2.47. The SMILES string of the molecule is CO[C@@H]1[C@@H](OC)[C@@H](OC)C(OC2Cc3ccc(-c4ccnc(-c5ccccc5)n4)cc3C2)O[C@H]1C. The molecular formula is C28H32N2O5. The predicted molar refractivity (Wildman–Crippen MR) is 132 cm³/mol. The summed E-state index contributed by atoms with van der Waals surface area (Å²) in [5.41, 5.74) is 5.53. The molecule has 1 aromatic heterocycles. The van der Waals surface area contributed by atoms with Crippen molar-refractivity contribution in [2.45, 2.75) is 56.6 Å². The molecule has 2 aliphatic rings. The Kier molecular flexibility index (Phi) is 7.22. The molecule has 6 atom stereocenters. The van der Waals surface area contributed by atoms with Crippen LogP contribution in [0.3, 0.4) is 0 Å². The van der Waals surface area contributed by atoms with Crippen molar-refractivity contribution in [2.24, 2.45) is 0 Å². The summed E-state index contributed by atoms with van der Waals surface area (Å²) in [6.07, 6.45) is 1.87. The Morgan fingerprint density at radius 2 is 1.54 bits per heavy atom. The zero-order chi connectivity index (χ0) is 24.4. The van der Waals surface area contributed by atoms with Crippen LogP contribution in [0.15, 0.2) is 60.8 Å². The number of rotatable bonds is 7. The summed E-state index contributed by atoms with van der Waals surface area (Å²) in [6.45, 7) is 1.98. The normalized spacial score (nSPS) is 28.1. The lowest BCUT2D eigenvalue weighted by atomic mass is 9.99. The van der Waals surface area contributed by atoms with Crippen LogP contribution in [-0.2, 0) is 36.5 Å². The third-order valence-corrected chi connectivity index (χ3v) is 6.96. The zero-order valence-corrected chi connectivity index (χ0v) is 20.6. The first-order valence-corrected chi connectivity index (χ1v) is 12.0. The van der Waals surface area contributed by atoms with Gasteiger partial charge >= 0.3 is 0 Å². The van der Waals surface area contributed by atoms with Crippen molar-refractivity contribution in [3.63, 3.8) is 0 Å². The highest BCUT2D eigenvalue weighted by Crippen LogP contribution is 2.33. The molecule has 2 unspecified atom stereocenters. The molecular weight excluding hydrogens is 444 g/mol. The highest BCUT2D eigenvalue weighted by molar-refractivity contribution is 5.65. The summed E-state index contributed by atoms with van der Waals surface area (Å²) in [4.78, 5) is 9.26. The van der Waals surface area contributed by atoms with Gasteiger partial charge < -0.3 is 23.7 Å².